The van der Waals surface area contributed by atoms with Crippen LogP contribution in [0.5, 0.6) is 11.5 Å². The van der Waals surface area contributed by atoms with E-state index in [2.05, 4.69) is 0 Å². The monoisotopic (exact) mass is 639 g/mol. The molecule has 2 aromatic rings. The fourth-order valence-corrected chi connectivity index (χ4v) is 5.43. The zero-order valence-electron chi connectivity index (χ0n) is 27.5. The second-order valence-corrected chi connectivity index (χ2v) is 13.8. The molecule has 250 valence electrons. The molecule has 5 rings (SSSR count). The topological polar surface area (TPSA) is 146 Å². The number of fused-ring (bicyclic) bond motifs is 2. The van der Waals surface area contributed by atoms with Gasteiger partial charge in [0.2, 0.25) is 0 Å². The molecule has 12 nitrogen and oxygen atoms in total. The number of para-hydroxylation sites is 2. The van der Waals surface area contributed by atoms with Gasteiger partial charge >= 0.3 is 18.2 Å². The normalized spacial score (nSPS) is 18.0. The van der Waals surface area contributed by atoms with E-state index in [1.807, 2.05) is 52.5 Å². The van der Waals surface area contributed by atoms with Crippen LogP contribution in [0.2, 0.25) is 0 Å². The Hall–Kier alpha value is -4.48. The minimum atomic E-state index is -1.05. The summed E-state index contributed by atoms with van der Waals surface area (Å²) in [4.78, 5) is 52.6. The highest BCUT2D eigenvalue weighted by Gasteiger charge is 2.37. The van der Waals surface area contributed by atoms with E-state index in [0.717, 1.165) is 31.5 Å². The lowest BCUT2D eigenvalue weighted by Crippen LogP contribution is -2.45. The van der Waals surface area contributed by atoms with Gasteiger partial charge in [-0.1, -0.05) is 45.0 Å². The number of carbonyl (C=O) groups excluding carboxylic acids is 2. The lowest BCUT2D eigenvalue weighted by atomic mass is 9.88. The molecule has 12 heteroatoms. The van der Waals surface area contributed by atoms with Gasteiger partial charge in [0.15, 0.2) is 0 Å². The molecule has 46 heavy (non-hydrogen) atoms. The maximum absolute atomic E-state index is 12.6. The zero-order chi connectivity index (χ0) is 33.8. The molecule has 3 aliphatic rings. The summed E-state index contributed by atoms with van der Waals surface area (Å²) in [5.74, 6) is -0.192. The van der Waals surface area contributed by atoms with Crippen molar-refractivity contribution in [3.05, 3.63) is 58.7 Å². The molecule has 1 unspecified atom stereocenters. The van der Waals surface area contributed by atoms with Gasteiger partial charge in [-0.05, 0) is 45.7 Å². The fraction of sp³-hybridized carbons (Fsp3) is 0.529. The predicted octanol–water partition coefficient (Wildman–Crippen LogP) is 5.72. The van der Waals surface area contributed by atoms with Gasteiger partial charge in [-0.2, -0.15) is 0 Å². The molecule has 3 heterocycles. The zero-order valence-corrected chi connectivity index (χ0v) is 27.5. The number of aromatic carboxylic acids is 1. The van der Waals surface area contributed by atoms with Crippen molar-refractivity contribution in [3.63, 3.8) is 0 Å². The van der Waals surface area contributed by atoms with E-state index in [-0.39, 0.29) is 42.7 Å². The third-order valence-electron chi connectivity index (χ3n) is 7.91. The number of carbonyl (C=O) groups is 4. The van der Waals surface area contributed by atoms with Gasteiger partial charge < -0.3 is 34.2 Å². The van der Waals surface area contributed by atoms with Crippen LogP contribution >= 0.6 is 0 Å². The molecule has 2 N–H and O–H groups in total. The molecule has 0 spiro atoms. The van der Waals surface area contributed by atoms with Crippen LogP contribution in [0.15, 0.2) is 36.4 Å². The van der Waals surface area contributed by atoms with E-state index < -0.39 is 23.8 Å². The number of carboxylic acid groups (broad SMARTS) is 2. The molecule has 0 aliphatic carbocycles. The highest BCUT2D eigenvalue weighted by molar-refractivity contribution is 5.97. The largest absolute Gasteiger partial charge is 0.491 e. The van der Waals surface area contributed by atoms with Crippen molar-refractivity contribution in [2.45, 2.75) is 79.2 Å². The number of ether oxygens (including phenoxy) is 3. The third-order valence-corrected chi connectivity index (χ3v) is 7.91. The summed E-state index contributed by atoms with van der Waals surface area (Å²) in [5, 5.41) is 18.6. The molecular formula is C34H45N3O9. The lowest BCUT2D eigenvalue weighted by molar-refractivity contribution is 0.00673. The Labute approximate surface area is 269 Å². The number of nitrogens with zero attached hydrogens (tertiary/aromatic N) is 3. The van der Waals surface area contributed by atoms with Crippen LogP contribution in [0.4, 0.5) is 9.59 Å². The van der Waals surface area contributed by atoms with Crippen molar-refractivity contribution in [3.8, 4) is 11.5 Å². The standard InChI is InChI=1S/C19H27NO5.C15H18N2O4/c1-18(2,3)14-11-20(17(23)25-19(4,5)6)10-12-8-7-9-13(16(21)22)15(12)24-14;18-14(16-6-1-2-7-16)12-5-3-4-11-10-17(15(19)20)8-9-21-13(11)12/h7-9,14H,10-11H2,1-6H3,(H,21,22);3-5H,1-2,6-10H2,(H,19,20). The minimum absolute atomic E-state index is 0.0203. The van der Waals surface area contributed by atoms with Gasteiger partial charge in [0, 0.05) is 29.6 Å². The van der Waals surface area contributed by atoms with Crippen LogP contribution in [0.1, 0.15) is 86.2 Å². The SMILES string of the molecule is CC(C)(C)OC(=O)N1Cc2cccc(C(=O)O)c2OC(C(C)(C)C)C1.O=C(O)N1CCOc2c(cccc2C(=O)N2CCCC2)C1. The number of likely N-dealkylation sites (tertiary alicyclic amines) is 1. The van der Waals surface area contributed by atoms with Crippen molar-refractivity contribution < 1.29 is 43.6 Å². The van der Waals surface area contributed by atoms with Crippen LogP contribution < -0.4 is 9.47 Å². The molecule has 0 bridgehead atoms. The summed E-state index contributed by atoms with van der Waals surface area (Å²) in [7, 11) is 0. The Morgan fingerprint density at radius 3 is 1.93 bits per heavy atom. The number of hydrogen-bond acceptors (Lipinski definition) is 7. The van der Waals surface area contributed by atoms with Gasteiger partial charge in [0.25, 0.3) is 5.91 Å². The molecule has 2 aromatic carbocycles. The molecule has 0 aromatic heterocycles. The number of hydrogen-bond donors (Lipinski definition) is 2. The van der Waals surface area contributed by atoms with Crippen molar-refractivity contribution in [2.24, 2.45) is 5.41 Å². The van der Waals surface area contributed by atoms with Crippen molar-refractivity contribution in [1.29, 1.82) is 0 Å². The van der Waals surface area contributed by atoms with Gasteiger partial charge in [0.1, 0.15) is 35.4 Å². The highest BCUT2D eigenvalue weighted by Crippen LogP contribution is 2.35. The number of carboxylic acids is 1. The molecule has 3 aliphatic heterocycles. The molecule has 1 saturated heterocycles. The average molecular weight is 640 g/mol. The first-order valence-corrected chi connectivity index (χ1v) is 15.6. The van der Waals surface area contributed by atoms with Crippen molar-refractivity contribution in [2.75, 3.05) is 32.8 Å². The van der Waals surface area contributed by atoms with Gasteiger partial charge in [0.05, 0.1) is 31.7 Å². The van der Waals surface area contributed by atoms with E-state index >= 15 is 0 Å². The van der Waals surface area contributed by atoms with E-state index in [1.165, 1.54) is 11.0 Å². The first-order valence-electron chi connectivity index (χ1n) is 15.6. The Morgan fingerprint density at radius 1 is 0.783 bits per heavy atom. The van der Waals surface area contributed by atoms with Crippen LogP contribution in [-0.2, 0) is 17.8 Å². The summed E-state index contributed by atoms with van der Waals surface area (Å²) < 4.78 is 17.3. The number of rotatable bonds is 2. The summed E-state index contributed by atoms with van der Waals surface area (Å²) in [5.41, 5.74) is 1.18. The second-order valence-electron chi connectivity index (χ2n) is 13.8. The predicted molar refractivity (Wildman–Crippen MR) is 169 cm³/mol. The molecule has 3 amide bonds. The Balaban J connectivity index is 0.000000211. The van der Waals surface area contributed by atoms with E-state index in [0.29, 0.717) is 35.7 Å². The minimum Gasteiger partial charge on any atom is -0.491 e. The van der Waals surface area contributed by atoms with Gasteiger partial charge in [-0.25, -0.2) is 14.4 Å². The van der Waals surface area contributed by atoms with Crippen LogP contribution in [0.25, 0.3) is 0 Å². The third kappa shape index (κ3) is 8.41. The van der Waals surface area contributed by atoms with Crippen LogP contribution in [0, 0.1) is 5.41 Å². The first kappa shape index (κ1) is 34.4. The molecule has 0 saturated carbocycles. The average Bonchev–Trinajstić information content (AvgIpc) is 3.30. The second kappa shape index (κ2) is 13.9. The van der Waals surface area contributed by atoms with Gasteiger partial charge in [-0.3, -0.25) is 9.69 Å². The van der Waals surface area contributed by atoms with Gasteiger partial charge in [-0.15, -0.1) is 0 Å². The van der Waals surface area contributed by atoms with E-state index in [4.69, 9.17) is 19.3 Å². The molecular weight excluding hydrogens is 594 g/mol. The Kier molecular flexibility index (Phi) is 10.4. The van der Waals surface area contributed by atoms with Crippen LogP contribution in [-0.4, -0.2) is 93.5 Å². The molecule has 1 fully saturated rings. The summed E-state index contributed by atoms with van der Waals surface area (Å²) in [6, 6.07) is 10.3. The van der Waals surface area contributed by atoms with Crippen molar-refractivity contribution >= 4 is 24.1 Å². The smallest absolute Gasteiger partial charge is 0.410 e. The molecule has 0 radical (unpaired) electrons. The van der Waals surface area contributed by atoms with Crippen molar-refractivity contribution in [1.82, 2.24) is 14.7 Å². The Bertz CT molecular complexity index is 1450. The summed E-state index contributed by atoms with van der Waals surface area (Å²) in [6.45, 7) is 14.4. The summed E-state index contributed by atoms with van der Waals surface area (Å²) >= 11 is 0. The Morgan fingerprint density at radius 2 is 1.37 bits per heavy atom. The lowest BCUT2D eigenvalue weighted by Gasteiger charge is -2.33. The maximum Gasteiger partial charge on any atom is 0.410 e. The molecule has 1 atom stereocenters. The summed E-state index contributed by atoms with van der Waals surface area (Å²) in [6.07, 6.45) is 0.312. The van der Waals surface area contributed by atoms with Crippen LogP contribution in [0.3, 0.4) is 0 Å². The highest BCUT2D eigenvalue weighted by atomic mass is 16.6. The quantitative estimate of drug-likeness (QED) is 0.421. The maximum atomic E-state index is 12.6. The first-order chi connectivity index (χ1) is 21.5. The van der Waals surface area contributed by atoms with E-state index in [1.54, 1.807) is 29.2 Å². The van der Waals surface area contributed by atoms with E-state index in [9.17, 15) is 24.3 Å². The number of amides is 3. The number of benzene rings is 2. The fourth-order valence-electron chi connectivity index (χ4n) is 5.43.